The van der Waals surface area contributed by atoms with E-state index in [9.17, 15) is 14.4 Å². The number of nitrogens with one attached hydrogen (secondary N) is 2. The van der Waals surface area contributed by atoms with Crippen LogP contribution in [0.15, 0.2) is 47.5 Å². The Hall–Kier alpha value is -5.24. The fourth-order valence-corrected chi connectivity index (χ4v) is 7.20. The topological polar surface area (TPSA) is 130 Å². The summed E-state index contributed by atoms with van der Waals surface area (Å²) in [5.41, 5.74) is 2.65. The molecule has 256 valence electrons. The third-order valence-electron chi connectivity index (χ3n) is 9.30. The van der Waals surface area contributed by atoms with E-state index in [0.29, 0.717) is 57.0 Å². The van der Waals surface area contributed by atoms with E-state index in [4.69, 9.17) is 14.2 Å². The molecule has 0 saturated carbocycles. The molecule has 4 aromatic heterocycles. The summed E-state index contributed by atoms with van der Waals surface area (Å²) in [7, 11) is 3.71. The SMILES string of the molecule is CNc1cc(F)c(F)c2c1[nH]c1ncc(-c3ccc4ccc(C(=O)OC(C)OC(=O)OC(C)C)c(=O)n4c3)c(N3CC[C@H]4CN(C)CC43)c12. The van der Waals surface area contributed by atoms with Crippen LogP contribution in [0, 0.1) is 17.6 Å². The Bertz CT molecular complexity index is 2200. The van der Waals surface area contributed by atoms with E-state index in [1.165, 1.54) is 17.4 Å². The Kier molecular flexibility index (Phi) is 8.13. The Balaban J connectivity index is 1.36. The normalized spacial score (nSPS) is 18.4. The molecular formula is C35H36F2N6O6. The zero-order chi connectivity index (χ0) is 34.7. The molecule has 0 aliphatic carbocycles. The number of nitrogens with zero attached hydrogens (tertiary/aromatic N) is 4. The molecule has 0 bridgehead atoms. The number of esters is 1. The highest BCUT2D eigenvalue weighted by molar-refractivity contribution is 6.18. The number of ether oxygens (including phenoxy) is 3. The third kappa shape index (κ3) is 5.59. The van der Waals surface area contributed by atoms with Gasteiger partial charge in [0.1, 0.15) is 11.2 Å². The minimum Gasteiger partial charge on any atom is -0.431 e. The predicted octanol–water partition coefficient (Wildman–Crippen LogP) is 5.52. The molecule has 12 nitrogen and oxygen atoms in total. The van der Waals surface area contributed by atoms with Crippen LogP contribution in [0.3, 0.4) is 0 Å². The number of hydrogen-bond acceptors (Lipinski definition) is 10. The van der Waals surface area contributed by atoms with Gasteiger partial charge in [0.15, 0.2) is 11.6 Å². The molecule has 2 unspecified atom stereocenters. The number of rotatable bonds is 7. The maximum absolute atomic E-state index is 15.8. The van der Waals surface area contributed by atoms with Gasteiger partial charge < -0.3 is 34.3 Å². The number of likely N-dealkylation sites (N-methyl/N-ethyl adjacent to an activating group) is 1. The minimum atomic E-state index is -1.31. The van der Waals surface area contributed by atoms with Gasteiger partial charge in [-0.05, 0) is 51.4 Å². The van der Waals surface area contributed by atoms with Crippen molar-refractivity contribution in [3.05, 3.63) is 70.3 Å². The Morgan fingerprint density at radius 1 is 1.06 bits per heavy atom. The number of hydrogen-bond donors (Lipinski definition) is 2. The molecule has 0 amide bonds. The van der Waals surface area contributed by atoms with Crippen LogP contribution in [0.2, 0.25) is 0 Å². The van der Waals surface area contributed by atoms with Crippen molar-refractivity contribution < 1.29 is 32.6 Å². The zero-order valence-corrected chi connectivity index (χ0v) is 27.7. The summed E-state index contributed by atoms with van der Waals surface area (Å²) in [5, 5.41) is 3.50. The summed E-state index contributed by atoms with van der Waals surface area (Å²) in [6.45, 7) is 7.06. The van der Waals surface area contributed by atoms with Crippen molar-refractivity contribution in [2.45, 2.75) is 45.6 Å². The molecule has 2 fully saturated rings. The van der Waals surface area contributed by atoms with E-state index in [-0.39, 0.29) is 17.0 Å². The highest BCUT2D eigenvalue weighted by atomic mass is 19.2. The van der Waals surface area contributed by atoms with Crippen molar-refractivity contribution in [3.63, 3.8) is 0 Å². The molecule has 5 aromatic rings. The van der Waals surface area contributed by atoms with E-state index < -0.39 is 41.7 Å². The number of fused-ring (bicyclic) bond motifs is 5. The van der Waals surface area contributed by atoms with Crippen LogP contribution in [-0.4, -0.2) is 83.6 Å². The lowest BCUT2D eigenvalue weighted by Crippen LogP contribution is -2.35. The summed E-state index contributed by atoms with van der Waals surface area (Å²) < 4.78 is 47.3. The first kappa shape index (κ1) is 32.3. The molecule has 2 aliphatic heterocycles. The van der Waals surface area contributed by atoms with Crippen molar-refractivity contribution in [2.24, 2.45) is 5.92 Å². The van der Waals surface area contributed by atoms with Gasteiger partial charge in [-0.15, -0.1) is 0 Å². The second kappa shape index (κ2) is 12.3. The van der Waals surface area contributed by atoms with Crippen molar-refractivity contribution >= 4 is 51.0 Å². The molecule has 3 atom stereocenters. The van der Waals surface area contributed by atoms with Gasteiger partial charge in [-0.25, -0.2) is 23.4 Å². The highest BCUT2D eigenvalue weighted by Gasteiger charge is 2.42. The number of carbonyl (C=O) groups excluding carboxylic acids is 2. The van der Waals surface area contributed by atoms with E-state index in [0.717, 1.165) is 25.6 Å². The van der Waals surface area contributed by atoms with Gasteiger partial charge in [0.2, 0.25) is 6.29 Å². The van der Waals surface area contributed by atoms with E-state index in [2.05, 4.69) is 32.1 Å². The van der Waals surface area contributed by atoms with Gasteiger partial charge in [0, 0.05) is 74.8 Å². The first-order valence-corrected chi connectivity index (χ1v) is 16.1. The van der Waals surface area contributed by atoms with Gasteiger partial charge in [0.25, 0.3) is 5.56 Å². The summed E-state index contributed by atoms with van der Waals surface area (Å²) in [5.74, 6) is -2.55. The molecule has 1 aromatic carbocycles. The molecule has 14 heteroatoms. The number of carbonyl (C=O) groups is 2. The molecule has 2 N–H and O–H groups in total. The van der Waals surface area contributed by atoms with Gasteiger partial charge in [0.05, 0.1) is 33.8 Å². The van der Waals surface area contributed by atoms with Gasteiger partial charge >= 0.3 is 12.1 Å². The monoisotopic (exact) mass is 674 g/mol. The fraction of sp³-hybridized carbons (Fsp3) is 0.371. The van der Waals surface area contributed by atoms with Crippen molar-refractivity contribution in [2.75, 3.05) is 43.9 Å². The van der Waals surface area contributed by atoms with Crippen LogP contribution in [-0.2, 0) is 14.2 Å². The number of halogens is 2. The average molecular weight is 675 g/mol. The van der Waals surface area contributed by atoms with Crippen LogP contribution in [0.5, 0.6) is 0 Å². The number of aromatic amines is 1. The lowest BCUT2D eigenvalue weighted by Gasteiger charge is -2.29. The van der Waals surface area contributed by atoms with Crippen LogP contribution >= 0.6 is 0 Å². The molecule has 7 rings (SSSR count). The van der Waals surface area contributed by atoms with E-state index in [1.54, 1.807) is 45.4 Å². The lowest BCUT2D eigenvalue weighted by atomic mass is 10.00. The molecule has 0 spiro atoms. The molecule has 6 heterocycles. The van der Waals surface area contributed by atoms with Gasteiger partial charge in [-0.3, -0.25) is 9.20 Å². The summed E-state index contributed by atoms with van der Waals surface area (Å²) in [6.07, 6.45) is 1.45. The molecule has 0 radical (unpaired) electrons. The predicted molar refractivity (Wildman–Crippen MR) is 180 cm³/mol. The first-order chi connectivity index (χ1) is 23.4. The van der Waals surface area contributed by atoms with Crippen molar-refractivity contribution in [1.29, 1.82) is 0 Å². The molecule has 49 heavy (non-hydrogen) atoms. The number of benzene rings is 1. The number of likely N-dealkylation sites (tertiary alicyclic amines) is 1. The first-order valence-electron chi connectivity index (χ1n) is 16.1. The summed E-state index contributed by atoms with van der Waals surface area (Å²) >= 11 is 0. The quantitative estimate of drug-likeness (QED) is 0.168. The zero-order valence-electron chi connectivity index (χ0n) is 27.7. The molecule has 2 aliphatic rings. The standard InChI is InChI=1S/C35H36F2N6O6/c1-17(2)47-35(46)49-18(3)48-34(45)22-9-8-21-7-6-19(15-43(21)33(22)44)23-13-39-32-28(27-29(37)24(36)12-25(38-4)30(27)40-32)31(23)42-11-10-20-14-41(5)16-26(20)42/h6-9,12-13,15,17-18,20,26,38H,10-11,14,16H2,1-5H3,(H,39,40)/t18?,20-,26?/m0/s1. The highest BCUT2D eigenvalue weighted by Crippen LogP contribution is 2.46. The summed E-state index contributed by atoms with van der Waals surface area (Å²) in [4.78, 5) is 51.0. The van der Waals surface area contributed by atoms with Gasteiger partial charge in [-0.1, -0.05) is 6.07 Å². The molecular weight excluding hydrogens is 638 g/mol. The van der Waals surface area contributed by atoms with Crippen LogP contribution in [0.4, 0.5) is 25.0 Å². The third-order valence-corrected chi connectivity index (χ3v) is 9.30. The van der Waals surface area contributed by atoms with Crippen LogP contribution < -0.4 is 15.8 Å². The van der Waals surface area contributed by atoms with Crippen molar-refractivity contribution in [3.8, 4) is 11.1 Å². The second-order valence-electron chi connectivity index (χ2n) is 12.9. The minimum absolute atomic E-state index is 0.0927. The number of pyridine rings is 3. The largest absolute Gasteiger partial charge is 0.511 e. The maximum Gasteiger partial charge on any atom is 0.511 e. The fourth-order valence-electron chi connectivity index (χ4n) is 7.20. The number of H-pyrrole nitrogens is 1. The molecule has 2 saturated heterocycles. The van der Waals surface area contributed by atoms with E-state index >= 15 is 8.78 Å². The van der Waals surface area contributed by atoms with Crippen LogP contribution in [0.1, 0.15) is 37.6 Å². The lowest BCUT2D eigenvalue weighted by molar-refractivity contribution is -0.0867. The average Bonchev–Trinajstić information content (AvgIpc) is 3.74. The van der Waals surface area contributed by atoms with E-state index in [1.807, 2.05) is 6.07 Å². The maximum atomic E-state index is 15.8. The Morgan fingerprint density at radius 3 is 2.59 bits per heavy atom. The van der Waals surface area contributed by atoms with Crippen molar-refractivity contribution in [1.82, 2.24) is 19.3 Å². The van der Waals surface area contributed by atoms with Gasteiger partial charge in [-0.2, -0.15) is 0 Å². The Morgan fingerprint density at radius 2 is 1.84 bits per heavy atom. The smallest absolute Gasteiger partial charge is 0.431 e. The number of anilines is 2. The number of aromatic nitrogens is 3. The Labute approximate surface area is 279 Å². The van der Waals surface area contributed by atoms with Crippen LogP contribution in [0.25, 0.3) is 38.6 Å². The second-order valence-corrected chi connectivity index (χ2v) is 12.9. The summed E-state index contributed by atoms with van der Waals surface area (Å²) in [6, 6.07) is 7.76.